The summed E-state index contributed by atoms with van der Waals surface area (Å²) in [6.07, 6.45) is 0.698. The summed E-state index contributed by atoms with van der Waals surface area (Å²) in [6, 6.07) is 21.7. The number of hydrogen-bond acceptors (Lipinski definition) is 6. The van der Waals surface area contributed by atoms with Crippen LogP contribution < -0.4 is 9.47 Å². The smallest absolute Gasteiger partial charge is 0.343 e. The molecule has 3 aromatic carbocycles. The van der Waals surface area contributed by atoms with Gasteiger partial charge in [0.15, 0.2) is 6.79 Å². The van der Waals surface area contributed by atoms with Gasteiger partial charge in [-0.3, -0.25) is 0 Å². The van der Waals surface area contributed by atoms with Crippen LogP contribution in [0.4, 0.5) is 0 Å². The van der Waals surface area contributed by atoms with Crippen LogP contribution in [0.3, 0.4) is 0 Å². The van der Waals surface area contributed by atoms with E-state index >= 15 is 0 Å². The molecular weight excluding hydrogens is 456 g/mol. The third-order valence-electron chi connectivity index (χ3n) is 5.23. The summed E-state index contributed by atoms with van der Waals surface area (Å²) in [5, 5.41) is 0. The highest BCUT2D eigenvalue weighted by Gasteiger charge is 2.10. The number of allylic oxidation sites excluding steroid dienone is 1. The molecule has 0 bridgehead atoms. The van der Waals surface area contributed by atoms with E-state index in [1.54, 1.807) is 43.3 Å². The number of carbonyl (C=O) groups is 2. The first kappa shape index (κ1) is 26.4. The Bertz CT molecular complexity index is 1190. The quantitative estimate of drug-likeness (QED) is 0.100. The third-order valence-corrected chi connectivity index (χ3v) is 5.23. The lowest BCUT2D eigenvalue weighted by Gasteiger charge is -2.09. The zero-order valence-electron chi connectivity index (χ0n) is 20.6. The Labute approximate surface area is 211 Å². The third kappa shape index (κ3) is 8.25. The largest absolute Gasteiger partial charge is 0.468 e. The second-order valence-electron chi connectivity index (χ2n) is 8.31. The van der Waals surface area contributed by atoms with Crippen molar-refractivity contribution in [3.63, 3.8) is 0 Å². The highest BCUT2D eigenvalue weighted by atomic mass is 16.7. The van der Waals surface area contributed by atoms with Gasteiger partial charge in [-0.25, -0.2) is 9.59 Å². The number of ether oxygens (including phenoxy) is 4. The summed E-state index contributed by atoms with van der Waals surface area (Å²) < 4.78 is 21.7. The fourth-order valence-corrected chi connectivity index (χ4v) is 3.09. The van der Waals surface area contributed by atoms with E-state index in [0.29, 0.717) is 29.9 Å². The van der Waals surface area contributed by atoms with Crippen LogP contribution >= 0.6 is 0 Å². The summed E-state index contributed by atoms with van der Waals surface area (Å²) in [6.45, 7) is 11.8. The van der Waals surface area contributed by atoms with Crippen molar-refractivity contribution in [3.8, 4) is 11.5 Å². The molecule has 3 rings (SSSR count). The first-order valence-electron chi connectivity index (χ1n) is 11.5. The van der Waals surface area contributed by atoms with Gasteiger partial charge in [-0.1, -0.05) is 55.1 Å². The summed E-state index contributed by atoms with van der Waals surface area (Å²) in [5.74, 6) is 0.273. The van der Waals surface area contributed by atoms with E-state index in [1.807, 2.05) is 43.3 Å². The van der Waals surface area contributed by atoms with E-state index in [9.17, 15) is 9.59 Å². The summed E-state index contributed by atoms with van der Waals surface area (Å²) in [7, 11) is 0. The zero-order valence-corrected chi connectivity index (χ0v) is 20.6. The lowest BCUT2D eigenvalue weighted by atomic mass is 10.1. The van der Waals surface area contributed by atoms with Crippen LogP contribution in [-0.2, 0) is 27.3 Å². The minimum atomic E-state index is -0.468. The van der Waals surface area contributed by atoms with E-state index in [-0.39, 0.29) is 13.4 Å². The fraction of sp³-hybridized carbons (Fsp3) is 0.200. The minimum Gasteiger partial charge on any atom is -0.468 e. The molecule has 6 nitrogen and oxygen atoms in total. The van der Waals surface area contributed by atoms with Crippen molar-refractivity contribution < 1.29 is 28.5 Å². The molecule has 0 fully saturated rings. The molecule has 0 atom stereocenters. The van der Waals surface area contributed by atoms with Gasteiger partial charge in [0.25, 0.3) is 0 Å². The van der Waals surface area contributed by atoms with E-state index in [0.717, 1.165) is 28.0 Å². The predicted octanol–water partition coefficient (Wildman–Crippen LogP) is 6.15. The van der Waals surface area contributed by atoms with Crippen molar-refractivity contribution in [2.45, 2.75) is 26.9 Å². The normalized spacial score (nSPS) is 10.4. The zero-order chi connectivity index (χ0) is 25.9. The Kier molecular flexibility index (Phi) is 9.60. The molecule has 0 aromatic heterocycles. The summed E-state index contributed by atoms with van der Waals surface area (Å²) >= 11 is 0. The average Bonchev–Trinajstić information content (AvgIpc) is 2.88. The molecular formula is C30H30O6. The maximum absolute atomic E-state index is 12.4. The van der Waals surface area contributed by atoms with Crippen LogP contribution in [0.2, 0.25) is 0 Å². The number of rotatable bonds is 12. The first-order chi connectivity index (χ1) is 17.3. The minimum absolute atomic E-state index is 0.112. The van der Waals surface area contributed by atoms with E-state index in [2.05, 4.69) is 13.2 Å². The van der Waals surface area contributed by atoms with E-state index < -0.39 is 11.9 Å². The first-order valence-corrected chi connectivity index (χ1v) is 11.5. The fourth-order valence-electron chi connectivity index (χ4n) is 3.09. The highest BCUT2D eigenvalue weighted by Crippen LogP contribution is 2.18. The topological polar surface area (TPSA) is 71.1 Å². The van der Waals surface area contributed by atoms with Crippen molar-refractivity contribution in [2.75, 3.05) is 13.4 Å². The predicted molar refractivity (Wildman–Crippen MR) is 139 cm³/mol. The van der Waals surface area contributed by atoms with Gasteiger partial charge in [0.05, 0.1) is 12.2 Å². The lowest BCUT2D eigenvalue weighted by Crippen LogP contribution is -2.09. The molecule has 0 saturated carbocycles. The van der Waals surface area contributed by atoms with Crippen LogP contribution in [0.25, 0.3) is 5.57 Å². The van der Waals surface area contributed by atoms with Crippen molar-refractivity contribution in [1.29, 1.82) is 0 Å². The van der Waals surface area contributed by atoms with Crippen LogP contribution in [0.5, 0.6) is 11.5 Å². The van der Waals surface area contributed by atoms with Crippen molar-refractivity contribution in [2.24, 2.45) is 0 Å². The molecule has 0 amide bonds. The van der Waals surface area contributed by atoms with Crippen molar-refractivity contribution in [1.82, 2.24) is 0 Å². The van der Waals surface area contributed by atoms with Gasteiger partial charge in [0.2, 0.25) is 0 Å². The highest BCUT2D eigenvalue weighted by molar-refractivity contribution is 5.91. The molecule has 0 unspecified atom stereocenters. The second kappa shape index (κ2) is 13.1. The molecule has 0 aliphatic rings. The Morgan fingerprint density at radius 1 is 0.750 bits per heavy atom. The number of carbonyl (C=O) groups excluding carboxylic acids is 2. The molecule has 0 spiro atoms. The standard InChI is InChI=1S/C30H30O6/c1-21(2)25-11-15-27(16-12-25)35-20-33-18-17-23-7-13-28(14-8-23)36-30(32)26-9-5-24(6-10-26)19-34-29(31)22(3)4/h5-16H,1,3,17-20H2,2,4H3. The van der Waals surface area contributed by atoms with Gasteiger partial charge < -0.3 is 18.9 Å². The lowest BCUT2D eigenvalue weighted by molar-refractivity contribution is -0.140. The van der Waals surface area contributed by atoms with Crippen molar-refractivity contribution in [3.05, 3.63) is 114 Å². The second-order valence-corrected chi connectivity index (χ2v) is 8.31. The van der Waals surface area contributed by atoms with Crippen LogP contribution in [0.15, 0.2) is 91.5 Å². The Morgan fingerprint density at radius 3 is 1.94 bits per heavy atom. The number of esters is 2. The van der Waals surface area contributed by atoms with Crippen LogP contribution in [0, 0.1) is 0 Å². The van der Waals surface area contributed by atoms with Gasteiger partial charge in [-0.05, 0) is 73.4 Å². The Hall–Kier alpha value is -4.16. The maximum Gasteiger partial charge on any atom is 0.343 e. The van der Waals surface area contributed by atoms with Gasteiger partial charge in [-0.15, -0.1) is 0 Å². The SMILES string of the molecule is C=C(C)C(=O)OCc1ccc(C(=O)Oc2ccc(CCOCOc3ccc(C(=C)C)cc3)cc2)cc1. The van der Waals surface area contributed by atoms with Crippen LogP contribution in [0.1, 0.15) is 40.9 Å². The van der Waals surface area contributed by atoms with Crippen LogP contribution in [-0.4, -0.2) is 25.3 Å². The monoisotopic (exact) mass is 486 g/mol. The molecule has 0 heterocycles. The Balaban J connectivity index is 1.38. The summed E-state index contributed by atoms with van der Waals surface area (Å²) in [4.78, 5) is 23.9. The van der Waals surface area contributed by atoms with Crippen molar-refractivity contribution >= 4 is 17.5 Å². The van der Waals surface area contributed by atoms with E-state index in [4.69, 9.17) is 18.9 Å². The van der Waals surface area contributed by atoms with Gasteiger partial charge in [-0.2, -0.15) is 0 Å². The number of benzene rings is 3. The Morgan fingerprint density at radius 2 is 1.33 bits per heavy atom. The average molecular weight is 487 g/mol. The molecule has 0 saturated heterocycles. The molecule has 0 N–H and O–H groups in total. The molecule has 186 valence electrons. The molecule has 36 heavy (non-hydrogen) atoms. The number of hydrogen-bond donors (Lipinski definition) is 0. The molecule has 6 heteroatoms. The van der Waals surface area contributed by atoms with Gasteiger partial charge >= 0.3 is 11.9 Å². The molecule has 0 radical (unpaired) electrons. The van der Waals surface area contributed by atoms with Gasteiger partial charge in [0, 0.05) is 5.57 Å². The summed E-state index contributed by atoms with van der Waals surface area (Å²) in [5.41, 5.74) is 4.63. The van der Waals surface area contributed by atoms with Gasteiger partial charge in [0.1, 0.15) is 18.1 Å². The maximum atomic E-state index is 12.4. The molecule has 3 aromatic rings. The van der Waals surface area contributed by atoms with E-state index in [1.165, 1.54) is 0 Å². The molecule has 0 aliphatic heterocycles. The molecule has 0 aliphatic carbocycles.